The molecule has 0 saturated carbocycles. The first-order chi connectivity index (χ1) is 11.6. The van der Waals surface area contributed by atoms with Gasteiger partial charge in [0.2, 0.25) is 0 Å². The summed E-state index contributed by atoms with van der Waals surface area (Å²) in [4.78, 5) is 27.7. The van der Waals surface area contributed by atoms with Crippen LogP contribution in [0.1, 0.15) is 30.0 Å². The topological polar surface area (TPSA) is 87.4 Å². The van der Waals surface area contributed by atoms with E-state index in [1.165, 1.54) is 4.40 Å². The van der Waals surface area contributed by atoms with Gasteiger partial charge >= 0.3 is 5.97 Å². The van der Waals surface area contributed by atoms with Crippen LogP contribution in [0.5, 0.6) is 0 Å². The molecule has 1 aromatic carbocycles. The second-order valence-corrected chi connectivity index (χ2v) is 5.53. The molecule has 2 heterocycles. The van der Waals surface area contributed by atoms with E-state index in [-0.39, 0.29) is 24.4 Å². The Morgan fingerprint density at radius 1 is 1.38 bits per heavy atom. The van der Waals surface area contributed by atoms with Gasteiger partial charge in [-0.05, 0) is 38.0 Å². The fourth-order valence-electron chi connectivity index (χ4n) is 2.98. The number of carbonyl (C=O) groups excluding carboxylic acids is 1. The number of hydrogen-bond donors (Lipinski definition) is 1. The molecule has 24 heavy (non-hydrogen) atoms. The lowest BCUT2D eigenvalue weighted by molar-refractivity contribution is -0.143. The maximum absolute atomic E-state index is 12.9. The number of carbonyl (C=O) groups is 1. The Hall–Kier alpha value is -3.07. The van der Waals surface area contributed by atoms with Gasteiger partial charge in [0.1, 0.15) is 11.7 Å². The van der Waals surface area contributed by atoms with E-state index >= 15 is 0 Å². The van der Waals surface area contributed by atoms with Crippen LogP contribution in [0, 0.1) is 18.3 Å². The highest BCUT2D eigenvalue weighted by molar-refractivity contribution is 5.83. The lowest BCUT2D eigenvalue weighted by Gasteiger charge is -2.09. The SMILES string of the molecule is CCOC(=O)CCc1c(C)c(C#N)c2[nH]c3ccccc3n2c1=O. The van der Waals surface area contributed by atoms with Crippen molar-refractivity contribution in [2.45, 2.75) is 26.7 Å². The largest absolute Gasteiger partial charge is 0.466 e. The number of H-pyrrole nitrogens is 1. The van der Waals surface area contributed by atoms with Crippen LogP contribution in [0.2, 0.25) is 0 Å². The molecule has 0 fully saturated rings. The van der Waals surface area contributed by atoms with Gasteiger partial charge < -0.3 is 9.72 Å². The van der Waals surface area contributed by atoms with Crippen molar-refractivity contribution >= 4 is 22.6 Å². The Labute approximate surface area is 138 Å². The summed E-state index contributed by atoms with van der Waals surface area (Å²) in [6.45, 7) is 3.79. The van der Waals surface area contributed by atoms with Crippen molar-refractivity contribution in [2.75, 3.05) is 6.61 Å². The number of hydrogen-bond acceptors (Lipinski definition) is 4. The number of pyridine rings is 1. The molecule has 0 aliphatic heterocycles. The fourth-order valence-corrected chi connectivity index (χ4v) is 2.98. The van der Waals surface area contributed by atoms with E-state index in [1.54, 1.807) is 13.8 Å². The van der Waals surface area contributed by atoms with E-state index in [0.29, 0.717) is 34.5 Å². The van der Waals surface area contributed by atoms with Crippen LogP contribution < -0.4 is 5.56 Å². The highest BCUT2D eigenvalue weighted by Crippen LogP contribution is 2.21. The Kier molecular flexibility index (Phi) is 4.09. The molecule has 0 atom stereocenters. The minimum atomic E-state index is -0.348. The van der Waals surface area contributed by atoms with Gasteiger partial charge in [-0.2, -0.15) is 5.26 Å². The van der Waals surface area contributed by atoms with E-state index in [0.717, 1.165) is 5.52 Å². The third-order valence-electron chi connectivity index (χ3n) is 4.14. The normalized spacial score (nSPS) is 10.9. The number of fused-ring (bicyclic) bond motifs is 3. The molecule has 6 heteroatoms. The fraction of sp³-hybridized carbons (Fsp3) is 0.278. The summed E-state index contributed by atoms with van der Waals surface area (Å²) in [7, 11) is 0. The van der Waals surface area contributed by atoms with E-state index in [2.05, 4.69) is 11.1 Å². The van der Waals surface area contributed by atoms with Gasteiger partial charge in [0.05, 0.1) is 23.2 Å². The monoisotopic (exact) mass is 323 g/mol. The minimum absolute atomic E-state index is 0.114. The number of nitrogens with zero attached hydrogens (tertiary/aromatic N) is 2. The van der Waals surface area contributed by atoms with Crippen molar-refractivity contribution in [1.82, 2.24) is 9.38 Å². The highest BCUT2D eigenvalue weighted by atomic mass is 16.5. The number of nitriles is 1. The molecule has 0 amide bonds. The van der Waals surface area contributed by atoms with Crippen LogP contribution in [0.3, 0.4) is 0 Å². The summed E-state index contributed by atoms with van der Waals surface area (Å²) in [6.07, 6.45) is 0.365. The first-order valence-corrected chi connectivity index (χ1v) is 7.79. The van der Waals surface area contributed by atoms with Crippen LogP contribution in [0.15, 0.2) is 29.1 Å². The molecule has 3 rings (SSSR count). The summed E-state index contributed by atoms with van der Waals surface area (Å²) in [6, 6.07) is 9.56. The summed E-state index contributed by atoms with van der Waals surface area (Å²) >= 11 is 0. The number of rotatable bonds is 4. The predicted molar refractivity (Wildman–Crippen MR) is 89.9 cm³/mol. The zero-order chi connectivity index (χ0) is 17.3. The van der Waals surface area contributed by atoms with Gasteiger partial charge in [-0.15, -0.1) is 0 Å². The van der Waals surface area contributed by atoms with Crippen molar-refractivity contribution in [3.63, 3.8) is 0 Å². The van der Waals surface area contributed by atoms with E-state index < -0.39 is 0 Å². The Morgan fingerprint density at radius 3 is 2.83 bits per heavy atom. The summed E-state index contributed by atoms with van der Waals surface area (Å²) < 4.78 is 6.44. The van der Waals surface area contributed by atoms with Crippen LogP contribution in [0.25, 0.3) is 16.7 Å². The molecule has 1 N–H and O–H groups in total. The predicted octanol–water partition coefficient (Wildman–Crippen LogP) is 2.46. The third kappa shape index (κ3) is 2.44. The summed E-state index contributed by atoms with van der Waals surface area (Å²) in [5.74, 6) is -0.348. The maximum Gasteiger partial charge on any atom is 0.306 e. The Balaban J connectivity index is 2.23. The standard InChI is InChI=1S/C18H17N3O3/c1-3-24-16(22)9-8-12-11(2)13(10-19)17-20-14-6-4-5-7-15(14)21(17)18(12)23/h4-7,20H,3,8-9H2,1-2H3. The van der Waals surface area contributed by atoms with Gasteiger partial charge in [0, 0.05) is 12.0 Å². The van der Waals surface area contributed by atoms with Crippen molar-refractivity contribution in [2.24, 2.45) is 0 Å². The van der Waals surface area contributed by atoms with Crippen molar-refractivity contribution in [1.29, 1.82) is 5.26 Å². The average molecular weight is 323 g/mol. The first-order valence-electron chi connectivity index (χ1n) is 7.79. The van der Waals surface area contributed by atoms with Gasteiger partial charge in [0.25, 0.3) is 5.56 Å². The van der Waals surface area contributed by atoms with Gasteiger partial charge in [-0.25, -0.2) is 0 Å². The van der Waals surface area contributed by atoms with Crippen molar-refractivity contribution in [3.8, 4) is 6.07 Å². The highest BCUT2D eigenvalue weighted by Gasteiger charge is 2.19. The molecule has 0 spiro atoms. The molecule has 0 bridgehead atoms. The lowest BCUT2D eigenvalue weighted by atomic mass is 10.0. The molecule has 0 aliphatic rings. The van der Waals surface area contributed by atoms with E-state index in [1.807, 2.05) is 24.3 Å². The van der Waals surface area contributed by atoms with Crippen molar-refractivity contribution in [3.05, 3.63) is 51.3 Å². The minimum Gasteiger partial charge on any atom is -0.466 e. The second kappa shape index (κ2) is 6.20. The Morgan fingerprint density at radius 2 is 2.12 bits per heavy atom. The van der Waals surface area contributed by atoms with Crippen molar-refractivity contribution < 1.29 is 9.53 Å². The third-order valence-corrected chi connectivity index (χ3v) is 4.14. The quantitative estimate of drug-likeness (QED) is 0.747. The number of aromatic nitrogens is 2. The number of esters is 1. The van der Waals surface area contributed by atoms with E-state index in [9.17, 15) is 14.9 Å². The van der Waals surface area contributed by atoms with Gasteiger partial charge in [0.15, 0.2) is 0 Å². The molecular weight excluding hydrogens is 306 g/mol. The number of imidazole rings is 1. The smallest absolute Gasteiger partial charge is 0.306 e. The average Bonchev–Trinajstić information content (AvgIpc) is 2.94. The second-order valence-electron chi connectivity index (χ2n) is 5.53. The number of para-hydroxylation sites is 2. The summed E-state index contributed by atoms with van der Waals surface area (Å²) in [5.41, 5.74) is 3.29. The van der Waals surface area contributed by atoms with Gasteiger partial charge in [-0.3, -0.25) is 14.0 Å². The van der Waals surface area contributed by atoms with E-state index in [4.69, 9.17) is 4.74 Å². The first kappa shape index (κ1) is 15.8. The maximum atomic E-state index is 12.9. The molecular formula is C18H17N3O3. The van der Waals surface area contributed by atoms with Gasteiger partial charge in [-0.1, -0.05) is 12.1 Å². The molecule has 6 nitrogen and oxygen atoms in total. The zero-order valence-corrected chi connectivity index (χ0v) is 13.5. The summed E-state index contributed by atoms with van der Waals surface area (Å²) in [5, 5.41) is 9.54. The van der Waals surface area contributed by atoms with Crippen LogP contribution in [-0.2, 0) is 16.0 Å². The molecule has 2 aromatic heterocycles. The molecule has 0 unspecified atom stereocenters. The van der Waals surface area contributed by atoms with Crippen LogP contribution >= 0.6 is 0 Å². The number of nitrogens with one attached hydrogen (secondary N) is 1. The molecule has 122 valence electrons. The van der Waals surface area contributed by atoms with Crippen LogP contribution in [-0.4, -0.2) is 22.0 Å². The van der Waals surface area contributed by atoms with Crippen LogP contribution in [0.4, 0.5) is 0 Å². The zero-order valence-electron chi connectivity index (χ0n) is 13.5. The lowest BCUT2D eigenvalue weighted by Crippen LogP contribution is -2.22. The molecule has 3 aromatic rings. The molecule has 0 saturated heterocycles. The molecule has 0 aliphatic carbocycles. The number of ether oxygens (including phenoxy) is 1. The Bertz CT molecular complexity index is 1040. The molecule has 0 radical (unpaired) electrons. The number of aromatic amines is 1. The number of benzene rings is 1.